The van der Waals surface area contributed by atoms with Crippen molar-refractivity contribution in [2.24, 2.45) is 11.3 Å². The summed E-state index contributed by atoms with van der Waals surface area (Å²) in [5.41, 5.74) is 2.53. The van der Waals surface area contributed by atoms with E-state index in [1.54, 1.807) is 4.90 Å². The van der Waals surface area contributed by atoms with Crippen molar-refractivity contribution < 1.29 is 19.0 Å². The molecule has 3 heterocycles. The summed E-state index contributed by atoms with van der Waals surface area (Å²) < 4.78 is 19.7. The summed E-state index contributed by atoms with van der Waals surface area (Å²) in [6, 6.07) is 11.5. The van der Waals surface area contributed by atoms with Crippen LogP contribution in [-0.4, -0.2) is 77.9 Å². The fraction of sp³-hybridized carbons (Fsp3) is 0.600. The number of rotatable bonds is 8. The van der Waals surface area contributed by atoms with Crippen molar-refractivity contribution in [1.82, 2.24) is 14.8 Å². The number of aliphatic hydroxyl groups excluding tert-OH is 1. The first-order valence-electron chi connectivity index (χ1n) is 14.0. The number of hydrogen-bond donors (Lipinski definition) is 1. The quantitative estimate of drug-likeness (QED) is 0.545. The summed E-state index contributed by atoms with van der Waals surface area (Å²) in [6.45, 7) is 4.56. The molecule has 2 aliphatic heterocycles. The van der Waals surface area contributed by atoms with E-state index in [1.165, 1.54) is 12.8 Å². The van der Waals surface area contributed by atoms with Crippen LogP contribution in [0.5, 0.6) is 5.88 Å². The Labute approximate surface area is 219 Å². The third-order valence-electron chi connectivity index (χ3n) is 8.57. The molecular weight excluding hydrogens is 469 g/mol. The minimum atomic E-state index is -0.423. The zero-order valence-electron chi connectivity index (χ0n) is 21.8. The molecule has 37 heavy (non-hydrogen) atoms. The minimum absolute atomic E-state index is 0.0292. The summed E-state index contributed by atoms with van der Waals surface area (Å²) in [4.78, 5) is 21.4. The van der Waals surface area contributed by atoms with Crippen LogP contribution in [0.2, 0.25) is 0 Å². The molecule has 0 bridgehead atoms. The first-order chi connectivity index (χ1) is 18.0. The molecular formula is C30H40FN3O3. The van der Waals surface area contributed by atoms with Gasteiger partial charge in [0.15, 0.2) is 0 Å². The maximum Gasteiger partial charge on any atom is 0.253 e. The van der Waals surface area contributed by atoms with E-state index < -0.39 is 6.10 Å². The summed E-state index contributed by atoms with van der Waals surface area (Å²) in [6.07, 6.45) is 9.60. The molecule has 7 heteroatoms. The molecule has 5 rings (SSSR count). The van der Waals surface area contributed by atoms with Crippen LogP contribution < -0.4 is 4.74 Å². The summed E-state index contributed by atoms with van der Waals surface area (Å²) in [5.74, 6) is 1.11. The lowest BCUT2D eigenvalue weighted by atomic mass is 9.86. The number of halogens is 1. The van der Waals surface area contributed by atoms with Crippen molar-refractivity contribution in [2.75, 3.05) is 46.0 Å². The van der Waals surface area contributed by atoms with Gasteiger partial charge in [-0.2, -0.15) is 0 Å². The first-order valence-corrected chi connectivity index (χ1v) is 14.0. The monoisotopic (exact) mass is 509 g/mol. The number of nitrogens with zero attached hydrogens (tertiary/aromatic N) is 3. The van der Waals surface area contributed by atoms with Crippen molar-refractivity contribution >= 4 is 5.91 Å². The van der Waals surface area contributed by atoms with Gasteiger partial charge in [-0.15, -0.1) is 0 Å². The minimum Gasteiger partial charge on any atom is -0.477 e. The van der Waals surface area contributed by atoms with E-state index in [2.05, 4.69) is 9.88 Å². The van der Waals surface area contributed by atoms with Gasteiger partial charge in [0.1, 0.15) is 0 Å². The Kier molecular flexibility index (Phi) is 8.40. The molecule has 6 nitrogen and oxygen atoms in total. The Morgan fingerprint density at radius 3 is 2.38 bits per heavy atom. The number of likely N-dealkylation sites (tertiary alicyclic amines) is 2. The van der Waals surface area contributed by atoms with Crippen molar-refractivity contribution in [3.63, 3.8) is 0 Å². The fourth-order valence-electron chi connectivity index (χ4n) is 6.21. The third-order valence-corrected chi connectivity index (χ3v) is 8.57. The number of aromatic nitrogens is 1. The van der Waals surface area contributed by atoms with E-state index in [0.29, 0.717) is 37.1 Å². The molecule has 3 aliphatic rings. The Balaban J connectivity index is 1.08. The van der Waals surface area contributed by atoms with Crippen molar-refractivity contribution in [1.29, 1.82) is 0 Å². The largest absolute Gasteiger partial charge is 0.477 e. The second kappa shape index (κ2) is 11.9. The van der Waals surface area contributed by atoms with Crippen LogP contribution in [0.4, 0.5) is 4.39 Å². The highest BCUT2D eigenvalue weighted by Gasteiger charge is 2.36. The zero-order chi connectivity index (χ0) is 25.7. The van der Waals surface area contributed by atoms with E-state index in [1.807, 2.05) is 42.6 Å². The number of benzene rings is 1. The first kappa shape index (κ1) is 26.1. The Morgan fingerprint density at radius 2 is 1.73 bits per heavy atom. The van der Waals surface area contributed by atoms with Crippen molar-refractivity contribution in [3.05, 3.63) is 48.2 Å². The molecule has 1 N–H and O–H groups in total. The van der Waals surface area contributed by atoms with Gasteiger partial charge in [0.25, 0.3) is 5.91 Å². The smallest absolute Gasteiger partial charge is 0.253 e. The van der Waals surface area contributed by atoms with Crippen LogP contribution in [0.1, 0.15) is 61.7 Å². The molecule has 1 aliphatic carbocycles. The van der Waals surface area contributed by atoms with Crippen molar-refractivity contribution in [2.45, 2.75) is 57.5 Å². The van der Waals surface area contributed by atoms with E-state index in [-0.39, 0.29) is 18.0 Å². The lowest BCUT2D eigenvalue weighted by Crippen LogP contribution is -2.42. The molecule has 1 aromatic carbocycles. The molecule has 0 radical (unpaired) electrons. The lowest BCUT2D eigenvalue weighted by Gasteiger charge is -2.37. The number of ether oxygens (including phenoxy) is 1. The van der Waals surface area contributed by atoms with Gasteiger partial charge in [0.05, 0.1) is 19.4 Å². The van der Waals surface area contributed by atoms with Crippen molar-refractivity contribution in [3.8, 4) is 17.0 Å². The topological polar surface area (TPSA) is 65.9 Å². The maximum atomic E-state index is 13.7. The number of hydrogen-bond acceptors (Lipinski definition) is 5. The highest BCUT2D eigenvalue weighted by Crippen LogP contribution is 2.40. The van der Waals surface area contributed by atoms with Gasteiger partial charge in [0, 0.05) is 48.4 Å². The molecule has 0 spiro atoms. The SMILES string of the molecule is O=C(c1ccc(-c2ccc(OCC3CCN(CC4(CF)CCCC4)CC3)nc2)cc1)N1CCC[C@@H](O)C1. The number of piperidine rings is 2. The average molecular weight is 510 g/mol. The molecule has 0 unspecified atom stereocenters. The fourth-order valence-corrected chi connectivity index (χ4v) is 6.21. The molecule has 1 saturated carbocycles. The van der Waals surface area contributed by atoms with E-state index in [0.717, 1.165) is 69.3 Å². The highest BCUT2D eigenvalue weighted by atomic mass is 19.1. The summed E-state index contributed by atoms with van der Waals surface area (Å²) in [5, 5.41) is 9.85. The Bertz CT molecular complexity index is 1020. The third kappa shape index (κ3) is 6.50. The number of amides is 1. The van der Waals surface area contributed by atoms with E-state index >= 15 is 0 Å². The van der Waals surface area contributed by atoms with Crippen LogP contribution in [0.25, 0.3) is 11.1 Å². The molecule has 2 saturated heterocycles. The molecule has 1 amide bonds. The standard InChI is InChI=1S/C30H40FN3O3/c31-21-30(13-1-2-14-30)22-33-16-11-23(12-17-33)20-37-28-10-9-26(18-32-28)24-5-7-25(8-6-24)29(36)34-15-3-4-27(35)19-34/h5-10,18,23,27,35H,1-4,11-17,19-22H2/t27-/m1/s1. The number of pyridine rings is 1. The maximum absolute atomic E-state index is 13.7. The molecule has 1 aromatic heterocycles. The van der Waals surface area contributed by atoms with Crippen LogP contribution in [0, 0.1) is 11.3 Å². The Hall–Kier alpha value is -2.51. The number of β-amino-alcohol motifs (C(OH)–C–C–N with tert-alkyl or cyclic N) is 1. The Morgan fingerprint density at radius 1 is 1.00 bits per heavy atom. The van der Waals surface area contributed by atoms with Gasteiger partial charge < -0.3 is 19.6 Å². The van der Waals surface area contributed by atoms with Gasteiger partial charge in [-0.1, -0.05) is 25.0 Å². The lowest BCUT2D eigenvalue weighted by molar-refractivity contribution is 0.0474. The predicted molar refractivity (Wildman–Crippen MR) is 142 cm³/mol. The molecule has 3 fully saturated rings. The summed E-state index contributed by atoms with van der Waals surface area (Å²) >= 11 is 0. The van der Waals surface area contributed by atoms with Crippen LogP contribution >= 0.6 is 0 Å². The normalized spacial score (nSPS) is 22.8. The number of alkyl halides is 1. The van der Waals surface area contributed by atoms with Crippen LogP contribution in [0.15, 0.2) is 42.6 Å². The highest BCUT2D eigenvalue weighted by molar-refractivity contribution is 5.94. The molecule has 200 valence electrons. The zero-order valence-corrected chi connectivity index (χ0v) is 21.8. The number of carbonyl (C=O) groups excluding carboxylic acids is 1. The van der Waals surface area contributed by atoms with Gasteiger partial charge in [-0.25, -0.2) is 4.98 Å². The van der Waals surface area contributed by atoms with Gasteiger partial charge >= 0.3 is 0 Å². The van der Waals surface area contributed by atoms with Gasteiger partial charge in [-0.3, -0.25) is 9.18 Å². The molecule has 2 aromatic rings. The second-order valence-corrected chi connectivity index (χ2v) is 11.4. The van der Waals surface area contributed by atoms with Crippen LogP contribution in [-0.2, 0) is 0 Å². The van der Waals surface area contributed by atoms with E-state index in [4.69, 9.17) is 4.74 Å². The van der Waals surface area contributed by atoms with Crippen LogP contribution in [0.3, 0.4) is 0 Å². The van der Waals surface area contributed by atoms with E-state index in [9.17, 15) is 14.3 Å². The summed E-state index contributed by atoms with van der Waals surface area (Å²) in [7, 11) is 0. The number of carbonyl (C=O) groups is 1. The number of aliphatic hydroxyl groups is 1. The predicted octanol–water partition coefficient (Wildman–Crippen LogP) is 4.97. The van der Waals surface area contributed by atoms with Gasteiger partial charge in [-0.05, 0) is 81.3 Å². The second-order valence-electron chi connectivity index (χ2n) is 11.4. The van der Waals surface area contributed by atoms with Gasteiger partial charge in [0.2, 0.25) is 5.88 Å². The average Bonchev–Trinajstić information content (AvgIpc) is 3.41. The molecule has 1 atom stereocenters.